The number of aryl methyl sites for hydroxylation is 1. The number of carbonyl (C=O) groups is 1. The van der Waals surface area contributed by atoms with Crippen LogP contribution in [0.1, 0.15) is 48.5 Å². The van der Waals surface area contributed by atoms with Crippen LogP contribution < -0.4 is 0 Å². The highest BCUT2D eigenvalue weighted by Gasteiger charge is 2.31. The van der Waals surface area contributed by atoms with Gasteiger partial charge in [0.05, 0.1) is 11.6 Å². The highest BCUT2D eigenvalue weighted by molar-refractivity contribution is 6.31. The summed E-state index contributed by atoms with van der Waals surface area (Å²) >= 11 is 6.08. The van der Waals surface area contributed by atoms with E-state index in [0.29, 0.717) is 10.7 Å². The molecule has 134 valence electrons. The number of hydrogen-bond acceptors (Lipinski definition) is 3. The number of halogens is 1. The van der Waals surface area contributed by atoms with Crippen LogP contribution in [0.2, 0.25) is 5.02 Å². The third-order valence-electron chi connectivity index (χ3n) is 5.02. The standard InChI is InChI=1S/C20H21ClN4O/c1-2-24-12-10-22-19(24)18-5-3-4-11-25(18)20(26)16-9-7-14-6-8-15(21)13-17(14)23-16/h6-10,12-13,18H,2-5,11H2,1H3. The predicted octanol–water partition coefficient (Wildman–Crippen LogP) is 4.47. The van der Waals surface area contributed by atoms with Crippen molar-refractivity contribution >= 4 is 28.4 Å². The lowest BCUT2D eigenvalue weighted by Crippen LogP contribution is -2.40. The first-order valence-corrected chi connectivity index (χ1v) is 9.43. The van der Waals surface area contributed by atoms with E-state index in [4.69, 9.17) is 11.6 Å². The van der Waals surface area contributed by atoms with E-state index in [1.807, 2.05) is 35.5 Å². The number of imidazole rings is 1. The molecular formula is C20H21ClN4O. The fraction of sp³-hybridized carbons (Fsp3) is 0.350. The van der Waals surface area contributed by atoms with Crippen molar-refractivity contribution in [2.24, 2.45) is 0 Å². The Morgan fingerprint density at radius 3 is 2.96 bits per heavy atom. The van der Waals surface area contributed by atoms with Crippen LogP contribution in [0.25, 0.3) is 10.9 Å². The van der Waals surface area contributed by atoms with Crippen molar-refractivity contribution in [1.29, 1.82) is 0 Å². The zero-order valence-electron chi connectivity index (χ0n) is 14.7. The number of hydrogen-bond donors (Lipinski definition) is 0. The molecular weight excluding hydrogens is 348 g/mol. The number of aromatic nitrogens is 3. The van der Waals surface area contributed by atoms with Gasteiger partial charge in [-0.2, -0.15) is 0 Å². The maximum Gasteiger partial charge on any atom is 0.273 e. The van der Waals surface area contributed by atoms with Crippen molar-refractivity contribution < 1.29 is 4.79 Å². The molecule has 1 unspecified atom stereocenters. The summed E-state index contributed by atoms with van der Waals surface area (Å²) in [4.78, 5) is 24.3. The molecule has 0 bridgehead atoms. The molecule has 1 atom stereocenters. The molecule has 0 radical (unpaired) electrons. The Kier molecular flexibility index (Phi) is 4.64. The molecule has 5 nitrogen and oxygen atoms in total. The van der Waals surface area contributed by atoms with Crippen LogP contribution in [-0.2, 0) is 6.54 Å². The van der Waals surface area contributed by atoms with Gasteiger partial charge in [0.1, 0.15) is 11.5 Å². The number of piperidine rings is 1. The molecule has 1 saturated heterocycles. The third kappa shape index (κ3) is 3.07. The van der Waals surface area contributed by atoms with E-state index >= 15 is 0 Å². The van der Waals surface area contributed by atoms with Gasteiger partial charge in [-0.15, -0.1) is 0 Å². The van der Waals surface area contributed by atoms with Gasteiger partial charge in [0.15, 0.2) is 0 Å². The monoisotopic (exact) mass is 368 g/mol. The Bertz CT molecular complexity index is 952. The van der Waals surface area contributed by atoms with Crippen molar-refractivity contribution in [3.8, 4) is 0 Å². The number of amides is 1. The summed E-state index contributed by atoms with van der Waals surface area (Å²) in [5, 5.41) is 1.60. The van der Waals surface area contributed by atoms with Gasteiger partial charge >= 0.3 is 0 Å². The number of benzene rings is 1. The fourth-order valence-corrected chi connectivity index (χ4v) is 3.85. The summed E-state index contributed by atoms with van der Waals surface area (Å²) < 4.78 is 2.11. The van der Waals surface area contributed by atoms with Gasteiger partial charge in [0.2, 0.25) is 0 Å². The number of nitrogens with zero attached hydrogens (tertiary/aromatic N) is 4. The lowest BCUT2D eigenvalue weighted by molar-refractivity contribution is 0.0589. The second-order valence-corrected chi connectivity index (χ2v) is 7.05. The molecule has 0 spiro atoms. The van der Waals surface area contributed by atoms with Crippen LogP contribution in [0.3, 0.4) is 0 Å². The molecule has 2 aromatic heterocycles. The Labute approximate surface area is 157 Å². The minimum absolute atomic E-state index is 0.00283. The SMILES string of the molecule is CCn1ccnc1C1CCCCN1C(=O)c1ccc2ccc(Cl)cc2n1. The van der Waals surface area contributed by atoms with Gasteiger partial charge < -0.3 is 9.47 Å². The van der Waals surface area contributed by atoms with E-state index in [0.717, 1.165) is 49.1 Å². The summed E-state index contributed by atoms with van der Waals surface area (Å²) in [6.07, 6.45) is 6.83. The molecule has 3 heterocycles. The minimum Gasteiger partial charge on any atom is -0.333 e. The quantitative estimate of drug-likeness (QED) is 0.685. The maximum absolute atomic E-state index is 13.2. The van der Waals surface area contributed by atoms with Gasteiger partial charge in [0, 0.05) is 35.9 Å². The van der Waals surface area contributed by atoms with Crippen LogP contribution in [0.5, 0.6) is 0 Å². The van der Waals surface area contributed by atoms with Gasteiger partial charge in [-0.05, 0) is 44.4 Å². The fourth-order valence-electron chi connectivity index (χ4n) is 3.69. The first-order chi connectivity index (χ1) is 12.7. The van der Waals surface area contributed by atoms with Crippen LogP contribution in [0.4, 0.5) is 0 Å². The second kappa shape index (κ2) is 7.08. The normalized spacial score (nSPS) is 17.6. The molecule has 0 saturated carbocycles. The topological polar surface area (TPSA) is 51.0 Å². The van der Waals surface area contributed by atoms with Crippen molar-refractivity contribution in [3.63, 3.8) is 0 Å². The maximum atomic E-state index is 13.2. The molecule has 0 N–H and O–H groups in total. The van der Waals surface area contributed by atoms with Crippen molar-refractivity contribution in [2.45, 2.75) is 38.8 Å². The van der Waals surface area contributed by atoms with Gasteiger partial charge in [-0.3, -0.25) is 4.79 Å². The molecule has 1 amide bonds. The van der Waals surface area contributed by atoms with Gasteiger partial charge in [0.25, 0.3) is 5.91 Å². The molecule has 1 fully saturated rings. The summed E-state index contributed by atoms with van der Waals surface area (Å²) in [6.45, 7) is 3.67. The van der Waals surface area contributed by atoms with Crippen LogP contribution >= 0.6 is 11.6 Å². The molecule has 3 aromatic rings. The van der Waals surface area contributed by atoms with Crippen molar-refractivity contribution in [1.82, 2.24) is 19.4 Å². The lowest BCUT2D eigenvalue weighted by atomic mass is 10.0. The number of carbonyl (C=O) groups excluding carboxylic acids is 1. The number of rotatable bonds is 3. The smallest absolute Gasteiger partial charge is 0.273 e. The van der Waals surface area contributed by atoms with E-state index in [9.17, 15) is 4.79 Å². The highest BCUT2D eigenvalue weighted by Crippen LogP contribution is 2.31. The Morgan fingerprint density at radius 1 is 1.27 bits per heavy atom. The van der Waals surface area contributed by atoms with E-state index < -0.39 is 0 Å². The minimum atomic E-state index is -0.0396. The number of likely N-dealkylation sites (tertiary alicyclic amines) is 1. The summed E-state index contributed by atoms with van der Waals surface area (Å²) in [5.41, 5.74) is 1.20. The largest absolute Gasteiger partial charge is 0.333 e. The third-order valence-corrected chi connectivity index (χ3v) is 5.26. The lowest BCUT2D eigenvalue weighted by Gasteiger charge is -2.35. The Morgan fingerprint density at radius 2 is 2.12 bits per heavy atom. The van der Waals surface area contributed by atoms with Crippen LogP contribution in [0.15, 0.2) is 42.7 Å². The molecule has 1 aromatic carbocycles. The zero-order chi connectivity index (χ0) is 18.1. The van der Waals surface area contributed by atoms with Gasteiger partial charge in [-0.1, -0.05) is 23.7 Å². The van der Waals surface area contributed by atoms with Crippen molar-refractivity contribution in [2.75, 3.05) is 6.54 Å². The van der Waals surface area contributed by atoms with Crippen molar-refractivity contribution in [3.05, 3.63) is 59.3 Å². The first kappa shape index (κ1) is 17.0. The second-order valence-electron chi connectivity index (χ2n) is 6.62. The molecule has 1 aliphatic rings. The summed E-state index contributed by atoms with van der Waals surface area (Å²) in [7, 11) is 0. The Hall–Kier alpha value is -2.40. The summed E-state index contributed by atoms with van der Waals surface area (Å²) in [6, 6.07) is 9.28. The average Bonchev–Trinajstić information content (AvgIpc) is 3.15. The molecule has 4 rings (SSSR count). The molecule has 26 heavy (non-hydrogen) atoms. The van der Waals surface area contributed by atoms with E-state index in [2.05, 4.69) is 21.5 Å². The average molecular weight is 369 g/mol. The predicted molar refractivity (Wildman–Crippen MR) is 102 cm³/mol. The number of pyridine rings is 1. The zero-order valence-corrected chi connectivity index (χ0v) is 15.5. The van der Waals surface area contributed by atoms with E-state index in [1.165, 1.54) is 0 Å². The highest BCUT2D eigenvalue weighted by atomic mass is 35.5. The van der Waals surface area contributed by atoms with Crippen LogP contribution in [0, 0.1) is 0 Å². The first-order valence-electron chi connectivity index (χ1n) is 9.05. The number of fused-ring (bicyclic) bond motifs is 1. The van der Waals surface area contributed by atoms with E-state index in [-0.39, 0.29) is 11.9 Å². The van der Waals surface area contributed by atoms with Gasteiger partial charge in [-0.25, -0.2) is 9.97 Å². The Balaban J connectivity index is 1.69. The van der Waals surface area contributed by atoms with Crippen LogP contribution in [-0.4, -0.2) is 31.9 Å². The summed E-state index contributed by atoms with van der Waals surface area (Å²) in [5.74, 6) is 0.923. The molecule has 0 aliphatic carbocycles. The molecule has 6 heteroatoms. The molecule has 1 aliphatic heterocycles. The van der Waals surface area contributed by atoms with E-state index in [1.54, 1.807) is 12.1 Å².